The highest BCUT2D eigenvalue weighted by atomic mass is 16.6. The van der Waals surface area contributed by atoms with Gasteiger partial charge in [0.15, 0.2) is 0 Å². The van der Waals surface area contributed by atoms with E-state index in [0.29, 0.717) is 19.6 Å². The molecule has 1 heterocycles. The van der Waals surface area contributed by atoms with Crippen molar-refractivity contribution in [1.29, 1.82) is 0 Å². The Labute approximate surface area is 116 Å². The van der Waals surface area contributed by atoms with Crippen LogP contribution in [0.15, 0.2) is 0 Å². The van der Waals surface area contributed by atoms with E-state index in [4.69, 9.17) is 4.74 Å². The molecular weight excluding hydrogens is 242 g/mol. The van der Waals surface area contributed by atoms with Crippen LogP contribution in [-0.4, -0.2) is 41.4 Å². The number of ether oxygens (including phenoxy) is 1. The van der Waals surface area contributed by atoms with Crippen molar-refractivity contribution in [1.82, 2.24) is 4.90 Å². The second-order valence-electron chi connectivity index (χ2n) is 6.01. The number of carbonyl (C=O) groups is 1. The Bertz CT molecular complexity index is 289. The Balaban J connectivity index is 1.82. The van der Waals surface area contributed by atoms with Crippen molar-refractivity contribution in [2.24, 2.45) is 5.92 Å². The molecule has 1 aliphatic heterocycles. The minimum atomic E-state index is -0.302. The summed E-state index contributed by atoms with van der Waals surface area (Å²) in [6.45, 7) is 3.13. The number of nitrogens with zero attached hydrogens (tertiary/aromatic N) is 1. The van der Waals surface area contributed by atoms with Crippen LogP contribution in [0.5, 0.6) is 0 Å². The number of aliphatic hydroxyl groups is 1. The molecule has 4 heteroatoms. The van der Waals surface area contributed by atoms with Crippen molar-refractivity contribution >= 4 is 6.09 Å². The predicted molar refractivity (Wildman–Crippen MR) is 73.9 cm³/mol. The fraction of sp³-hybridized carbons (Fsp3) is 0.933. The van der Waals surface area contributed by atoms with Gasteiger partial charge in [-0.25, -0.2) is 4.79 Å². The zero-order valence-corrected chi connectivity index (χ0v) is 12.0. The standard InChI is InChI=1S/C15H27NO3/c1-2-14(17)8-9-16-13(11-19-15(16)18)10-12-6-4-3-5-7-12/h12-14,17H,2-11H2,1H3/t13-,14?/m0/s1. The van der Waals surface area contributed by atoms with Crippen molar-refractivity contribution in [2.75, 3.05) is 13.2 Å². The molecule has 0 aromatic heterocycles. The van der Waals surface area contributed by atoms with Crippen LogP contribution in [0.4, 0.5) is 4.79 Å². The molecule has 0 aromatic carbocycles. The molecule has 19 heavy (non-hydrogen) atoms. The molecule has 2 aliphatic rings. The van der Waals surface area contributed by atoms with E-state index in [1.54, 1.807) is 0 Å². The molecule has 1 saturated carbocycles. The minimum absolute atomic E-state index is 0.191. The van der Waals surface area contributed by atoms with Crippen molar-refractivity contribution in [3.8, 4) is 0 Å². The van der Waals surface area contributed by atoms with Gasteiger partial charge in [-0.15, -0.1) is 0 Å². The molecule has 2 fully saturated rings. The summed E-state index contributed by atoms with van der Waals surface area (Å²) in [5.74, 6) is 0.756. The fourth-order valence-corrected chi connectivity index (χ4v) is 3.26. The van der Waals surface area contributed by atoms with Crippen LogP contribution in [0.3, 0.4) is 0 Å². The lowest BCUT2D eigenvalue weighted by Crippen LogP contribution is -2.37. The van der Waals surface area contributed by atoms with Gasteiger partial charge in [0.2, 0.25) is 0 Å². The number of hydrogen-bond acceptors (Lipinski definition) is 3. The van der Waals surface area contributed by atoms with Crippen LogP contribution in [0.2, 0.25) is 0 Å². The van der Waals surface area contributed by atoms with Gasteiger partial charge in [-0.3, -0.25) is 0 Å². The first kappa shape index (κ1) is 14.6. The molecule has 4 nitrogen and oxygen atoms in total. The fourth-order valence-electron chi connectivity index (χ4n) is 3.26. The molecule has 1 saturated heterocycles. The van der Waals surface area contributed by atoms with Crippen molar-refractivity contribution in [3.63, 3.8) is 0 Å². The van der Waals surface area contributed by atoms with Gasteiger partial charge in [-0.1, -0.05) is 39.0 Å². The van der Waals surface area contributed by atoms with Crippen LogP contribution in [-0.2, 0) is 4.74 Å². The Kier molecular flexibility index (Phi) is 5.49. The molecule has 0 spiro atoms. The average molecular weight is 269 g/mol. The van der Waals surface area contributed by atoms with E-state index in [1.165, 1.54) is 32.1 Å². The SMILES string of the molecule is CCC(O)CCN1C(=O)OC[C@@H]1CC1CCCCC1. The lowest BCUT2D eigenvalue weighted by atomic mass is 9.85. The first-order chi connectivity index (χ1) is 9.20. The normalized spacial score (nSPS) is 26.5. The molecule has 110 valence electrons. The van der Waals surface area contributed by atoms with Gasteiger partial charge in [0.05, 0.1) is 12.1 Å². The number of cyclic esters (lactones) is 1. The maximum Gasteiger partial charge on any atom is 0.410 e. The molecule has 0 bridgehead atoms. The molecule has 1 N–H and O–H groups in total. The zero-order valence-electron chi connectivity index (χ0n) is 12.0. The van der Waals surface area contributed by atoms with Gasteiger partial charge < -0.3 is 14.7 Å². The number of amides is 1. The third-order valence-electron chi connectivity index (χ3n) is 4.58. The molecule has 2 atom stereocenters. The first-order valence-electron chi connectivity index (χ1n) is 7.82. The summed E-state index contributed by atoms with van der Waals surface area (Å²) in [5.41, 5.74) is 0. The van der Waals surface area contributed by atoms with E-state index in [1.807, 2.05) is 11.8 Å². The van der Waals surface area contributed by atoms with Crippen LogP contribution in [0, 0.1) is 5.92 Å². The largest absolute Gasteiger partial charge is 0.447 e. The first-order valence-corrected chi connectivity index (χ1v) is 7.82. The summed E-state index contributed by atoms with van der Waals surface area (Å²) in [7, 11) is 0. The van der Waals surface area contributed by atoms with Crippen LogP contribution < -0.4 is 0 Å². The molecular formula is C15H27NO3. The van der Waals surface area contributed by atoms with Crippen LogP contribution in [0.25, 0.3) is 0 Å². The molecule has 2 rings (SSSR count). The highest BCUT2D eigenvalue weighted by Gasteiger charge is 2.34. The Morgan fingerprint density at radius 3 is 2.79 bits per heavy atom. The minimum Gasteiger partial charge on any atom is -0.447 e. The third kappa shape index (κ3) is 4.10. The maximum absolute atomic E-state index is 11.7. The average Bonchev–Trinajstić information content (AvgIpc) is 2.78. The molecule has 1 unspecified atom stereocenters. The lowest BCUT2D eigenvalue weighted by Gasteiger charge is -2.28. The Morgan fingerprint density at radius 1 is 1.37 bits per heavy atom. The van der Waals surface area contributed by atoms with E-state index in [2.05, 4.69) is 0 Å². The monoisotopic (exact) mass is 269 g/mol. The van der Waals surface area contributed by atoms with Gasteiger partial charge in [0, 0.05) is 6.54 Å². The van der Waals surface area contributed by atoms with Gasteiger partial charge in [-0.05, 0) is 25.2 Å². The van der Waals surface area contributed by atoms with E-state index < -0.39 is 0 Å². The molecule has 1 aliphatic carbocycles. The van der Waals surface area contributed by atoms with Gasteiger partial charge in [-0.2, -0.15) is 0 Å². The summed E-state index contributed by atoms with van der Waals surface area (Å²) >= 11 is 0. The number of hydrogen-bond donors (Lipinski definition) is 1. The van der Waals surface area contributed by atoms with Gasteiger partial charge >= 0.3 is 6.09 Å². The quantitative estimate of drug-likeness (QED) is 0.806. The number of rotatable bonds is 6. The Hall–Kier alpha value is -0.770. The second kappa shape index (κ2) is 7.13. The van der Waals surface area contributed by atoms with Crippen molar-refractivity contribution < 1.29 is 14.6 Å². The van der Waals surface area contributed by atoms with Crippen LogP contribution in [0.1, 0.15) is 58.3 Å². The van der Waals surface area contributed by atoms with E-state index in [0.717, 1.165) is 18.8 Å². The number of carbonyl (C=O) groups excluding carboxylic acids is 1. The summed E-state index contributed by atoms with van der Waals surface area (Å²) < 4.78 is 5.19. The summed E-state index contributed by atoms with van der Waals surface area (Å²) in [4.78, 5) is 13.6. The summed E-state index contributed by atoms with van der Waals surface area (Å²) in [6, 6.07) is 0.236. The van der Waals surface area contributed by atoms with Gasteiger partial charge in [0.25, 0.3) is 0 Å². The third-order valence-corrected chi connectivity index (χ3v) is 4.58. The molecule has 0 aromatic rings. The van der Waals surface area contributed by atoms with E-state index in [-0.39, 0.29) is 18.2 Å². The van der Waals surface area contributed by atoms with Crippen molar-refractivity contribution in [3.05, 3.63) is 0 Å². The second-order valence-corrected chi connectivity index (χ2v) is 6.01. The topological polar surface area (TPSA) is 49.8 Å². The summed E-state index contributed by atoms with van der Waals surface area (Å²) in [6.07, 6.45) is 8.63. The highest BCUT2D eigenvalue weighted by Crippen LogP contribution is 2.30. The summed E-state index contributed by atoms with van der Waals surface area (Å²) in [5, 5.41) is 9.63. The predicted octanol–water partition coefficient (Wildman–Crippen LogP) is 2.94. The maximum atomic E-state index is 11.7. The van der Waals surface area contributed by atoms with Crippen molar-refractivity contribution in [2.45, 2.75) is 70.4 Å². The molecule has 0 radical (unpaired) electrons. The molecule has 1 amide bonds. The smallest absolute Gasteiger partial charge is 0.410 e. The lowest BCUT2D eigenvalue weighted by molar-refractivity contribution is 0.127. The van der Waals surface area contributed by atoms with Crippen LogP contribution >= 0.6 is 0 Å². The zero-order chi connectivity index (χ0) is 13.7. The van der Waals surface area contributed by atoms with E-state index >= 15 is 0 Å². The van der Waals surface area contributed by atoms with E-state index in [9.17, 15) is 9.90 Å². The Morgan fingerprint density at radius 2 is 2.11 bits per heavy atom. The van der Waals surface area contributed by atoms with Gasteiger partial charge in [0.1, 0.15) is 6.61 Å². The number of aliphatic hydroxyl groups excluding tert-OH is 1. The highest BCUT2D eigenvalue weighted by molar-refractivity contribution is 5.70.